The van der Waals surface area contributed by atoms with Crippen LogP contribution in [-0.2, 0) is 0 Å². The first-order valence-electron chi connectivity index (χ1n) is 6.31. The van der Waals surface area contributed by atoms with E-state index in [2.05, 4.69) is 35.8 Å². The van der Waals surface area contributed by atoms with Gasteiger partial charge in [0.05, 0.1) is 0 Å². The van der Waals surface area contributed by atoms with Crippen molar-refractivity contribution < 1.29 is 0 Å². The number of thioether (sulfide) groups is 2. The summed E-state index contributed by atoms with van der Waals surface area (Å²) in [6.07, 6.45) is 5.71. The maximum absolute atomic E-state index is 3.79. The highest BCUT2D eigenvalue weighted by Crippen LogP contribution is 2.30. The van der Waals surface area contributed by atoms with Gasteiger partial charge in [-0.3, -0.25) is 0 Å². The van der Waals surface area contributed by atoms with Crippen LogP contribution in [0.4, 0.5) is 0 Å². The van der Waals surface area contributed by atoms with Gasteiger partial charge >= 0.3 is 0 Å². The number of hydrogen-bond donors (Lipinski definition) is 1. The van der Waals surface area contributed by atoms with Crippen LogP contribution in [0.3, 0.4) is 0 Å². The number of rotatable bonds is 5. The molecular weight excluding hydrogens is 222 g/mol. The summed E-state index contributed by atoms with van der Waals surface area (Å²) in [5.74, 6) is 5.04. The van der Waals surface area contributed by atoms with Crippen LogP contribution in [0.25, 0.3) is 0 Å². The molecule has 1 aliphatic heterocycles. The Kier molecular flexibility index (Phi) is 5.18. The summed E-state index contributed by atoms with van der Waals surface area (Å²) < 4.78 is 0. The molecule has 0 aromatic heterocycles. The highest BCUT2D eigenvalue weighted by atomic mass is 32.2. The zero-order valence-corrected chi connectivity index (χ0v) is 11.3. The summed E-state index contributed by atoms with van der Waals surface area (Å²) in [7, 11) is 0. The SMILES string of the molecule is CCSC1CCC(NCC2CCSC2)C1. The lowest BCUT2D eigenvalue weighted by molar-refractivity contribution is 0.455. The third kappa shape index (κ3) is 3.86. The largest absolute Gasteiger partial charge is 0.314 e. The van der Waals surface area contributed by atoms with E-state index in [9.17, 15) is 0 Å². The average molecular weight is 245 g/mol. The molecule has 0 aromatic rings. The quantitative estimate of drug-likeness (QED) is 0.800. The van der Waals surface area contributed by atoms with Gasteiger partial charge in [-0.2, -0.15) is 23.5 Å². The lowest BCUT2D eigenvalue weighted by Gasteiger charge is -2.16. The lowest BCUT2D eigenvalue weighted by Crippen LogP contribution is -2.31. The fraction of sp³-hybridized carbons (Fsp3) is 1.00. The first-order chi connectivity index (χ1) is 7.38. The third-order valence-corrected chi connectivity index (χ3v) is 5.97. The molecule has 3 unspecified atom stereocenters. The number of nitrogens with one attached hydrogen (secondary N) is 1. The van der Waals surface area contributed by atoms with Crippen LogP contribution in [0.1, 0.15) is 32.6 Å². The van der Waals surface area contributed by atoms with Gasteiger partial charge in [0, 0.05) is 11.3 Å². The van der Waals surface area contributed by atoms with E-state index >= 15 is 0 Å². The van der Waals surface area contributed by atoms with Crippen molar-refractivity contribution in [3.05, 3.63) is 0 Å². The van der Waals surface area contributed by atoms with E-state index in [0.29, 0.717) is 0 Å². The Bertz CT molecular complexity index is 180. The molecule has 0 amide bonds. The molecule has 0 spiro atoms. The van der Waals surface area contributed by atoms with Gasteiger partial charge in [-0.25, -0.2) is 0 Å². The van der Waals surface area contributed by atoms with E-state index in [-0.39, 0.29) is 0 Å². The van der Waals surface area contributed by atoms with E-state index < -0.39 is 0 Å². The van der Waals surface area contributed by atoms with E-state index in [0.717, 1.165) is 17.2 Å². The zero-order chi connectivity index (χ0) is 10.5. The molecule has 1 N–H and O–H groups in total. The first kappa shape index (κ1) is 12.1. The Morgan fingerprint density at radius 2 is 2.27 bits per heavy atom. The van der Waals surface area contributed by atoms with Gasteiger partial charge in [-0.05, 0) is 55.4 Å². The van der Waals surface area contributed by atoms with Gasteiger partial charge in [0.15, 0.2) is 0 Å². The molecule has 1 saturated heterocycles. The van der Waals surface area contributed by atoms with Crippen LogP contribution in [-0.4, -0.2) is 35.1 Å². The van der Waals surface area contributed by atoms with Gasteiger partial charge in [0.1, 0.15) is 0 Å². The highest BCUT2D eigenvalue weighted by molar-refractivity contribution is 7.99. The molecule has 2 fully saturated rings. The summed E-state index contributed by atoms with van der Waals surface area (Å²) in [5, 5.41) is 4.73. The fourth-order valence-electron chi connectivity index (χ4n) is 2.59. The van der Waals surface area contributed by atoms with Crippen molar-refractivity contribution in [2.75, 3.05) is 23.8 Å². The maximum atomic E-state index is 3.79. The van der Waals surface area contributed by atoms with Gasteiger partial charge < -0.3 is 5.32 Å². The van der Waals surface area contributed by atoms with Crippen LogP contribution in [0.15, 0.2) is 0 Å². The topological polar surface area (TPSA) is 12.0 Å². The smallest absolute Gasteiger partial charge is 0.00781 e. The van der Waals surface area contributed by atoms with Crippen LogP contribution in [0.2, 0.25) is 0 Å². The molecule has 1 nitrogen and oxygen atoms in total. The monoisotopic (exact) mass is 245 g/mol. The summed E-state index contributed by atoms with van der Waals surface area (Å²) in [6, 6.07) is 0.833. The van der Waals surface area contributed by atoms with Crippen LogP contribution in [0.5, 0.6) is 0 Å². The molecule has 3 heteroatoms. The van der Waals surface area contributed by atoms with E-state index in [4.69, 9.17) is 0 Å². The minimum Gasteiger partial charge on any atom is -0.314 e. The Hall–Kier alpha value is 0.660. The summed E-state index contributed by atoms with van der Waals surface area (Å²) >= 11 is 4.29. The first-order valence-corrected chi connectivity index (χ1v) is 8.51. The van der Waals surface area contributed by atoms with Gasteiger partial charge in [0.25, 0.3) is 0 Å². The second kappa shape index (κ2) is 6.41. The predicted octanol–water partition coefficient (Wildman–Crippen LogP) is 3.00. The Balaban J connectivity index is 1.59. The molecule has 0 bridgehead atoms. The fourth-order valence-corrected chi connectivity index (χ4v) is 5.02. The summed E-state index contributed by atoms with van der Waals surface area (Å²) in [5.41, 5.74) is 0. The summed E-state index contributed by atoms with van der Waals surface area (Å²) in [4.78, 5) is 0. The van der Waals surface area contributed by atoms with Crippen LogP contribution >= 0.6 is 23.5 Å². The van der Waals surface area contributed by atoms with E-state index in [1.54, 1.807) is 0 Å². The molecule has 0 radical (unpaired) electrons. The molecule has 15 heavy (non-hydrogen) atoms. The van der Waals surface area contributed by atoms with Crippen LogP contribution < -0.4 is 5.32 Å². The van der Waals surface area contributed by atoms with Crippen molar-refractivity contribution in [3.8, 4) is 0 Å². The van der Waals surface area contributed by atoms with Crippen LogP contribution in [0, 0.1) is 5.92 Å². The van der Waals surface area contributed by atoms with Gasteiger partial charge in [-0.15, -0.1) is 0 Å². The third-order valence-electron chi connectivity index (χ3n) is 3.51. The van der Waals surface area contributed by atoms with Crippen molar-refractivity contribution >= 4 is 23.5 Å². The van der Waals surface area contributed by atoms with Gasteiger partial charge in [-0.1, -0.05) is 6.92 Å². The molecule has 1 heterocycles. The second-order valence-corrected chi connectivity index (χ2v) is 7.45. The molecule has 1 aliphatic carbocycles. The van der Waals surface area contributed by atoms with E-state index in [1.807, 2.05) is 0 Å². The van der Waals surface area contributed by atoms with Gasteiger partial charge in [0.2, 0.25) is 0 Å². The number of hydrogen-bond acceptors (Lipinski definition) is 3. The normalized spacial score (nSPS) is 36.2. The lowest BCUT2D eigenvalue weighted by atomic mass is 10.1. The van der Waals surface area contributed by atoms with Crippen molar-refractivity contribution in [1.29, 1.82) is 0 Å². The molecular formula is C12H23NS2. The molecule has 2 rings (SSSR count). The summed E-state index contributed by atoms with van der Waals surface area (Å²) in [6.45, 7) is 3.56. The zero-order valence-electron chi connectivity index (χ0n) is 9.71. The Morgan fingerprint density at radius 1 is 1.33 bits per heavy atom. The second-order valence-electron chi connectivity index (χ2n) is 4.73. The van der Waals surface area contributed by atoms with E-state index in [1.165, 1.54) is 49.5 Å². The highest BCUT2D eigenvalue weighted by Gasteiger charge is 2.25. The predicted molar refractivity (Wildman–Crippen MR) is 73.0 cm³/mol. The minimum atomic E-state index is 0.833. The molecule has 0 aromatic carbocycles. The van der Waals surface area contributed by atoms with Crippen molar-refractivity contribution in [1.82, 2.24) is 5.32 Å². The van der Waals surface area contributed by atoms with Crippen molar-refractivity contribution in [3.63, 3.8) is 0 Å². The molecule has 1 saturated carbocycles. The maximum Gasteiger partial charge on any atom is 0.00781 e. The molecule has 2 aliphatic rings. The van der Waals surface area contributed by atoms with Crippen molar-refractivity contribution in [2.45, 2.75) is 43.9 Å². The molecule has 88 valence electrons. The molecule has 3 atom stereocenters. The Morgan fingerprint density at radius 3 is 3.00 bits per heavy atom. The average Bonchev–Trinajstić information content (AvgIpc) is 2.85. The van der Waals surface area contributed by atoms with Crippen molar-refractivity contribution in [2.24, 2.45) is 5.92 Å². The minimum absolute atomic E-state index is 0.833. The standard InChI is InChI=1S/C12H23NS2/c1-2-15-12-4-3-11(7-12)13-8-10-5-6-14-9-10/h10-13H,2-9H2,1H3. The Labute approximate surface area is 103 Å².